The van der Waals surface area contributed by atoms with Gasteiger partial charge in [0.15, 0.2) is 0 Å². The Kier molecular flexibility index (Phi) is 3.10. The van der Waals surface area contributed by atoms with E-state index in [1.807, 2.05) is 25.6 Å². The van der Waals surface area contributed by atoms with Crippen LogP contribution >= 0.6 is 0 Å². The molecular weight excluding hydrogens is 242 g/mol. The lowest BCUT2D eigenvalue weighted by molar-refractivity contribution is 0.322. The number of rotatable bonds is 2. The fourth-order valence-electron chi connectivity index (χ4n) is 2.66. The fraction of sp³-hybridized carbons (Fsp3) is 0.615. The molecule has 0 amide bonds. The first kappa shape index (κ1) is 12.3. The zero-order valence-corrected chi connectivity index (χ0v) is 11.6. The Morgan fingerprint density at radius 1 is 1.37 bits per heavy atom. The second-order valence-corrected chi connectivity index (χ2v) is 5.17. The maximum atomic E-state index is 5.44. The van der Waals surface area contributed by atoms with Gasteiger partial charge in [-0.3, -0.25) is 4.68 Å². The van der Waals surface area contributed by atoms with Gasteiger partial charge in [-0.05, 0) is 33.2 Å². The minimum absolute atomic E-state index is 0.340. The summed E-state index contributed by atoms with van der Waals surface area (Å²) in [6.45, 7) is 6.00. The summed E-state index contributed by atoms with van der Waals surface area (Å²) >= 11 is 0. The molecule has 0 bridgehead atoms. The molecule has 6 heteroatoms. The highest BCUT2D eigenvalue weighted by Gasteiger charge is 2.23. The molecule has 3 heterocycles. The summed E-state index contributed by atoms with van der Waals surface area (Å²) in [5, 5.41) is 11.9. The van der Waals surface area contributed by atoms with Crippen LogP contribution in [0.1, 0.15) is 36.0 Å². The van der Waals surface area contributed by atoms with Gasteiger partial charge in [0.05, 0.1) is 17.2 Å². The van der Waals surface area contributed by atoms with Crippen molar-refractivity contribution in [2.45, 2.75) is 32.6 Å². The van der Waals surface area contributed by atoms with Crippen LogP contribution in [0.2, 0.25) is 0 Å². The minimum atomic E-state index is 0.340. The number of nitrogens with zero attached hydrogens (tertiary/aromatic N) is 4. The lowest BCUT2D eigenvalue weighted by Gasteiger charge is -2.18. The molecule has 1 aliphatic rings. The monoisotopic (exact) mass is 261 g/mol. The van der Waals surface area contributed by atoms with Crippen molar-refractivity contribution in [2.75, 3.05) is 13.1 Å². The second kappa shape index (κ2) is 4.77. The zero-order valence-electron chi connectivity index (χ0n) is 11.6. The summed E-state index contributed by atoms with van der Waals surface area (Å²) in [5.41, 5.74) is 2.99. The number of nitrogens with one attached hydrogen (secondary N) is 1. The molecule has 2 aromatic heterocycles. The molecule has 102 valence electrons. The van der Waals surface area contributed by atoms with Crippen LogP contribution in [0, 0.1) is 13.8 Å². The molecular formula is C13H19N5O. The number of hydrogen-bond acceptors (Lipinski definition) is 5. The van der Waals surface area contributed by atoms with Gasteiger partial charge in [-0.15, -0.1) is 0 Å². The van der Waals surface area contributed by atoms with Gasteiger partial charge in [-0.2, -0.15) is 10.1 Å². The summed E-state index contributed by atoms with van der Waals surface area (Å²) in [4.78, 5) is 4.57. The third kappa shape index (κ3) is 2.16. The maximum Gasteiger partial charge on any atom is 0.231 e. The van der Waals surface area contributed by atoms with Crippen molar-refractivity contribution in [3.8, 4) is 11.4 Å². The van der Waals surface area contributed by atoms with E-state index in [0.717, 1.165) is 48.8 Å². The van der Waals surface area contributed by atoms with Gasteiger partial charge in [-0.1, -0.05) is 5.16 Å². The molecule has 1 atom stereocenters. The van der Waals surface area contributed by atoms with Crippen LogP contribution in [0.15, 0.2) is 4.52 Å². The van der Waals surface area contributed by atoms with Gasteiger partial charge in [-0.25, -0.2) is 0 Å². The van der Waals surface area contributed by atoms with E-state index >= 15 is 0 Å². The Morgan fingerprint density at radius 3 is 2.84 bits per heavy atom. The molecule has 0 saturated carbocycles. The quantitative estimate of drug-likeness (QED) is 0.888. The molecule has 0 spiro atoms. The van der Waals surface area contributed by atoms with Crippen molar-refractivity contribution in [2.24, 2.45) is 7.05 Å². The van der Waals surface area contributed by atoms with Gasteiger partial charge in [0.25, 0.3) is 0 Å². The summed E-state index contributed by atoms with van der Waals surface area (Å²) < 4.78 is 7.29. The average molecular weight is 261 g/mol. The summed E-state index contributed by atoms with van der Waals surface area (Å²) in [6, 6.07) is 0. The highest BCUT2D eigenvalue weighted by Crippen LogP contribution is 2.27. The van der Waals surface area contributed by atoms with Gasteiger partial charge < -0.3 is 9.84 Å². The molecule has 1 saturated heterocycles. The van der Waals surface area contributed by atoms with E-state index in [9.17, 15) is 0 Å². The summed E-state index contributed by atoms with van der Waals surface area (Å²) in [6.07, 6.45) is 2.27. The van der Waals surface area contributed by atoms with Gasteiger partial charge in [0.1, 0.15) is 0 Å². The number of aryl methyl sites for hydroxylation is 2. The molecule has 1 aliphatic heterocycles. The molecule has 1 fully saturated rings. The van der Waals surface area contributed by atoms with Crippen molar-refractivity contribution in [3.63, 3.8) is 0 Å². The predicted molar refractivity (Wildman–Crippen MR) is 70.8 cm³/mol. The van der Waals surface area contributed by atoms with Crippen molar-refractivity contribution in [1.82, 2.24) is 25.2 Å². The van der Waals surface area contributed by atoms with E-state index in [1.54, 1.807) is 0 Å². The molecule has 3 rings (SSSR count). The molecule has 0 aliphatic carbocycles. The third-order valence-electron chi connectivity index (χ3n) is 3.82. The van der Waals surface area contributed by atoms with E-state index in [0.29, 0.717) is 11.7 Å². The maximum absolute atomic E-state index is 5.44. The molecule has 2 aromatic rings. The van der Waals surface area contributed by atoms with E-state index in [1.165, 1.54) is 0 Å². The molecule has 19 heavy (non-hydrogen) atoms. The van der Waals surface area contributed by atoms with Crippen LogP contribution in [0.5, 0.6) is 0 Å². The molecule has 0 unspecified atom stereocenters. The summed E-state index contributed by atoms with van der Waals surface area (Å²) in [5.74, 6) is 1.74. The summed E-state index contributed by atoms with van der Waals surface area (Å²) in [7, 11) is 1.93. The number of aromatic nitrogens is 4. The van der Waals surface area contributed by atoms with Crippen molar-refractivity contribution < 1.29 is 4.52 Å². The highest BCUT2D eigenvalue weighted by molar-refractivity contribution is 5.60. The van der Waals surface area contributed by atoms with E-state index in [4.69, 9.17) is 4.52 Å². The standard InChI is InChI=1S/C13H19N5O/c1-8-11(9(2)18(3)16-8)12-15-13(19-17-12)10-5-4-6-14-7-10/h10,14H,4-7H2,1-3H3/t10-/m1/s1. The molecule has 6 nitrogen and oxygen atoms in total. The molecule has 0 aromatic carbocycles. The van der Waals surface area contributed by atoms with Crippen molar-refractivity contribution in [3.05, 3.63) is 17.3 Å². The van der Waals surface area contributed by atoms with Crippen molar-refractivity contribution >= 4 is 0 Å². The SMILES string of the molecule is Cc1nn(C)c(C)c1-c1noc([C@@H]2CCCNC2)n1. The van der Waals surface area contributed by atoms with Crippen LogP contribution < -0.4 is 5.32 Å². The lowest BCUT2D eigenvalue weighted by atomic mass is 10.00. The topological polar surface area (TPSA) is 68.8 Å². The smallest absolute Gasteiger partial charge is 0.231 e. The predicted octanol–water partition coefficient (Wildman–Crippen LogP) is 1.55. The normalized spacial score (nSPS) is 19.8. The lowest BCUT2D eigenvalue weighted by Crippen LogP contribution is -2.28. The van der Waals surface area contributed by atoms with Crippen LogP contribution in [0.3, 0.4) is 0 Å². The van der Waals surface area contributed by atoms with E-state index in [2.05, 4.69) is 20.6 Å². The first-order valence-corrected chi connectivity index (χ1v) is 6.71. The minimum Gasteiger partial charge on any atom is -0.339 e. The zero-order chi connectivity index (χ0) is 13.4. The Balaban J connectivity index is 1.92. The number of hydrogen-bond donors (Lipinski definition) is 1. The van der Waals surface area contributed by atoms with E-state index in [-0.39, 0.29) is 0 Å². The fourth-order valence-corrected chi connectivity index (χ4v) is 2.66. The Morgan fingerprint density at radius 2 is 2.21 bits per heavy atom. The highest BCUT2D eigenvalue weighted by atomic mass is 16.5. The Labute approximate surface area is 112 Å². The van der Waals surface area contributed by atoms with Gasteiger partial charge >= 0.3 is 0 Å². The first-order valence-electron chi connectivity index (χ1n) is 6.71. The van der Waals surface area contributed by atoms with Crippen LogP contribution in [-0.2, 0) is 7.05 Å². The van der Waals surface area contributed by atoms with Gasteiger partial charge in [0, 0.05) is 19.3 Å². The largest absolute Gasteiger partial charge is 0.339 e. The first-order chi connectivity index (χ1) is 9.16. The Bertz CT molecular complexity index is 580. The molecule has 1 N–H and O–H groups in total. The van der Waals surface area contributed by atoms with E-state index < -0.39 is 0 Å². The van der Waals surface area contributed by atoms with Crippen LogP contribution in [0.4, 0.5) is 0 Å². The second-order valence-electron chi connectivity index (χ2n) is 5.17. The van der Waals surface area contributed by atoms with Crippen LogP contribution in [0.25, 0.3) is 11.4 Å². The van der Waals surface area contributed by atoms with Crippen LogP contribution in [-0.4, -0.2) is 33.0 Å². The number of piperidine rings is 1. The molecule has 0 radical (unpaired) electrons. The van der Waals surface area contributed by atoms with Crippen molar-refractivity contribution in [1.29, 1.82) is 0 Å². The third-order valence-corrected chi connectivity index (χ3v) is 3.82. The average Bonchev–Trinajstić information content (AvgIpc) is 2.97. The van der Waals surface area contributed by atoms with Gasteiger partial charge in [0.2, 0.25) is 11.7 Å². The Hall–Kier alpha value is -1.69.